The van der Waals surface area contributed by atoms with Crippen LogP contribution in [0, 0.1) is 12.8 Å². The standard InChI is InChI=1S/C23H28Cl2N2O3/c1-17-13-21(7-8-22(17)25)29-12-2-10-27-11-9-18(15-27)14-26-23(28)16-30-20-5-3-19(24)4-6-20/h3-8,13,18H,2,9-12,14-16H2,1H3,(H,26,28). The van der Waals surface area contributed by atoms with Crippen LogP contribution in [-0.4, -0.2) is 50.2 Å². The lowest BCUT2D eigenvalue weighted by Crippen LogP contribution is -2.34. The smallest absolute Gasteiger partial charge is 0.257 e. The average molecular weight is 451 g/mol. The molecule has 3 rings (SSSR count). The van der Waals surface area contributed by atoms with Gasteiger partial charge in [0.2, 0.25) is 0 Å². The third-order valence-corrected chi connectivity index (χ3v) is 5.83. The number of benzene rings is 2. The molecule has 2 aromatic rings. The summed E-state index contributed by atoms with van der Waals surface area (Å²) in [4.78, 5) is 14.4. The van der Waals surface area contributed by atoms with Crippen LogP contribution in [0.3, 0.4) is 0 Å². The Kier molecular flexibility index (Phi) is 8.67. The number of aryl methyl sites for hydroxylation is 1. The van der Waals surface area contributed by atoms with Gasteiger partial charge >= 0.3 is 0 Å². The van der Waals surface area contributed by atoms with Gasteiger partial charge in [0.1, 0.15) is 11.5 Å². The fraction of sp³-hybridized carbons (Fsp3) is 0.435. The number of likely N-dealkylation sites (tertiary alicyclic amines) is 1. The third-order valence-electron chi connectivity index (χ3n) is 5.16. The maximum atomic E-state index is 12.0. The van der Waals surface area contributed by atoms with E-state index in [1.165, 1.54) is 0 Å². The number of ether oxygens (including phenoxy) is 2. The van der Waals surface area contributed by atoms with Crippen LogP contribution in [0.2, 0.25) is 10.0 Å². The second-order valence-electron chi connectivity index (χ2n) is 7.61. The molecule has 1 saturated heterocycles. The van der Waals surface area contributed by atoms with Gasteiger partial charge in [0.15, 0.2) is 6.61 Å². The molecule has 162 valence electrons. The first-order chi connectivity index (χ1) is 14.5. The molecule has 5 nitrogen and oxygen atoms in total. The summed E-state index contributed by atoms with van der Waals surface area (Å²) >= 11 is 11.9. The van der Waals surface area contributed by atoms with Crippen molar-refractivity contribution in [2.75, 3.05) is 39.4 Å². The molecule has 7 heteroatoms. The topological polar surface area (TPSA) is 50.8 Å². The lowest BCUT2D eigenvalue weighted by Gasteiger charge is -2.16. The first-order valence-electron chi connectivity index (χ1n) is 10.3. The summed E-state index contributed by atoms with van der Waals surface area (Å²) in [6, 6.07) is 12.7. The molecule has 1 unspecified atom stereocenters. The fourth-order valence-electron chi connectivity index (χ4n) is 3.46. The molecule has 0 aromatic heterocycles. The summed E-state index contributed by atoms with van der Waals surface area (Å²) in [5, 5.41) is 4.37. The molecule has 0 aliphatic carbocycles. The number of carbonyl (C=O) groups excluding carboxylic acids is 1. The number of amides is 1. The second kappa shape index (κ2) is 11.4. The normalized spacial score (nSPS) is 16.4. The number of nitrogens with one attached hydrogen (secondary N) is 1. The number of rotatable bonds is 10. The SMILES string of the molecule is Cc1cc(OCCCN2CCC(CNC(=O)COc3ccc(Cl)cc3)C2)ccc1Cl. The highest BCUT2D eigenvalue weighted by Crippen LogP contribution is 2.21. The van der Waals surface area contributed by atoms with Gasteiger partial charge in [-0.25, -0.2) is 0 Å². The molecule has 0 spiro atoms. The van der Waals surface area contributed by atoms with Gasteiger partial charge in [0, 0.05) is 29.7 Å². The van der Waals surface area contributed by atoms with Gasteiger partial charge < -0.3 is 19.7 Å². The van der Waals surface area contributed by atoms with Crippen molar-refractivity contribution < 1.29 is 14.3 Å². The van der Waals surface area contributed by atoms with Crippen molar-refractivity contribution >= 4 is 29.1 Å². The van der Waals surface area contributed by atoms with Crippen LogP contribution < -0.4 is 14.8 Å². The van der Waals surface area contributed by atoms with Crippen molar-refractivity contribution in [2.24, 2.45) is 5.92 Å². The van der Waals surface area contributed by atoms with Crippen molar-refractivity contribution in [2.45, 2.75) is 19.8 Å². The minimum Gasteiger partial charge on any atom is -0.494 e. The molecular formula is C23H28Cl2N2O3. The predicted octanol–water partition coefficient (Wildman–Crippen LogP) is 4.59. The van der Waals surface area contributed by atoms with Gasteiger partial charge in [-0.3, -0.25) is 4.79 Å². The van der Waals surface area contributed by atoms with Crippen LogP contribution in [-0.2, 0) is 4.79 Å². The Morgan fingerprint density at radius 3 is 2.67 bits per heavy atom. The van der Waals surface area contributed by atoms with Gasteiger partial charge in [0.05, 0.1) is 6.61 Å². The number of hydrogen-bond acceptors (Lipinski definition) is 4. The Bertz CT molecular complexity index is 830. The molecule has 2 aromatic carbocycles. The van der Waals surface area contributed by atoms with Crippen LogP contribution in [0.25, 0.3) is 0 Å². The van der Waals surface area contributed by atoms with E-state index < -0.39 is 0 Å². The predicted molar refractivity (Wildman–Crippen MR) is 121 cm³/mol. The highest BCUT2D eigenvalue weighted by Gasteiger charge is 2.22. The highest BCUT2D eigenvalue weighted by atomic mass is 35.5. The van der Waals surface area contributed by atoms with Crippen LogP contribution in [0.5, 0.6) is 11.5 Å². The summed E-state index contributed by atoms with van der Waals surface area (Å²) in [5.74, 6) is 1.87. The summed E-state index contributed by atoms with van der Waals surface area (Å²) in [5.41, 5.74) is 1.03. The molecule has 0 saturated carbocycles. The van der Waals surface area contributed by atoms with E-state index in [4.69, 9.17) is 32.7 Å². The van der Waals surface area contributed by atoms with E-state index in [-0.39, 0.29) is 12.5 Å². The Morgan fingerprint density at radius 2 is 1.90 bits per heavy atom. The van der Waals surface area contributed by atoms with Gasteiger partial charge in [-0.15, -0.1) is 0 Å². The Labute approximate surface area is 188 Å². The molecule has 1 fully saturated rings. The summed E-state index contributed by atoms with van der Waals surface area (Å²) in [7, 11) is 0. The molecule has 0 bridgehead atoms. The van der Waals surface area contributed by atoms with E-state index in [0.717, 1.165) is 48.8 Å². The molecule has 1 amide bonds. The Morgan fingerprint density at radius 1 is 1.13 bits per heavy atom. The number of hydrogen-bond donors (Lipinski definition) is 1. The minimum atomic E-state index is -0.102. The molecule has 1 aliphatic rings. The Hall–Kier alpha value is -1.95. The van der Waals surface area contributed by atoms with Crippen LogP contribution in [0.4, 0.5) is 0 Å². The number of carbonyl (C=O) groups is 1. The monoisotopic (exact) mass is 450 g/mol. The van der Waals surface area contributed by atoms with Crippen molar-refractivity contribution in [3.05, 3.63) is 58.1 Å². The average Bonchev–Trinajstić information content (AvgIpc) is 3.19. The number of nitrogens with zero attached hydrogens (tertiary/aromatic N) is 1. The zero-order valence-corrected chi connectivity index (χ0v) is 18.7. The van der Waals surface area contributed by atoms with Gasteiger partial charge in [-0.05, 0) is 80.3 Å². The van der Waals surface area contributed by atoms with Crippen molar-refractivity contribution in [3.63, 3.8) is 0 Å². The summed E-state index contributed by atoms with van der Waals surface area (Å²) in [6.45, 7) is 6.40. The van der Waals surface area contributed by atoms with E-state index in [0.29, 0.717) is 29.8 Å². The zero-order chi connectivity index (χ0) is 21.3. The van der Waals surface area contributed by atoms with Crippen LogP contribution in [0.1, 0.15) is 18.4 Å². The third kappa shape index (κ3) is 7.38. The van der Waals surface area contributed by atoms with E-state index in [1.54, 1.807) is 24.3 Å². The first kappa shape index (κ1) is 22.7. The fourth-order valence-corrected chi connectivity index (χ4v) is 3.70. The Balaban J connectivity index is 1.26. The van der Waals surface area contributed by atoms with Gasteiger partial charge in [-0.2, -0.15) is 0 Å². The minimum absolute atomic E-state index is 0.0135. The summed E-state index contributed by atoms with van der Waals surface area (Å²) in [6.07, 6.45) is 2.06. The zero-order valence-electron chi connectivity index (χ0n) is 17.2. The largest absolute Gasteiger partial charge is 0.494 e. The maximum Gasteiger partial charge on any atom is 0.257 e. The molecular weight excluding hydrogens is 423 g/mol. The van der Waals surface area contributed by atoms with E-state index in [9.17, 15) is 4.79 Å². The molecule has 1 N–H and O–H groups in total. The number of halogens is 2. The second-order valence-corrected chi connectivity index (χ2v) is 8.46. The molecule has 0 radical (unpaired) electrons. The quantitative estimate of drug-likeness (QED) is 0.537. The highest BCUT2D eigenvalue weighted by molar-refractivity contribution is 6.31. The van der Waals surface area contributed by atoms with Crippen LogP contribution >= 0.6 is 23.2 Å². The van der Waals surface area contributed by atoms with Gasteiger partial charge in [-0.1, -0.05) is 23.2 Å². The lowest BCUT2D eigenvalue weighted by atomic mass is 10.1. The molecule has 1 aliphatic heterocycles. The molecule has 1 atom stereocenters. The van der Waals surface area contributed by atoms with Crippen molar-refractivity contribution in [3.8, 4) is 11.5 Å². The first-order valence-corrected chi connectivity index (χ1v) is 11.0. The maximum absolute atomic E-state index is 12.0. The van der Waals surface area contributed by atoms with Crippen molar-refractivity contribution in [1.82, 2.24) is 10.2 Å². The van der Waals surface area contributed by atoms with Crippen molar-refractivity contribution in [1.29, 1.82) is 0 Å². The van der Waals surface area contributed by atoms with E-state index >= 15 is 0 Å². The van der Waals surface area contributed by atoms with Crippen LogP contribution in [0.15, 0.2) is 42.5 Å². The van der Waals surface area contributed by atoms with E-state index in [1.807, 2.05) is 25.1 Å². The molecule has 30 heavy (non-hydrogen) atoms. The van der Waals surface area contributed by atoms with Gasteiger partial charge in [0.25, 0.3) is 5.91 Å². The van der Waals surface area contributed by atoms with E-state index in [2.05, 4.69) is 10.2 Å². The molecule has 1 heterocycles. The lowest BCUT2D eigenvalue weighted by molar-refractivity contribution is -0.123. The summed E-state index contributed by atoms with van der Waals surface area (Å²) < 4.78 is 11.3.